The number of hydrogen-bond donors (Lipinski definition) is 0. The third kappa shape index (κ3) is 3.52. The molecule has 4 aliphatic carbocycles. The molecule has 0 amide bonds. The lowest BCUT2D eigenvalue weighted by atomic mass is 9.79. The van der Waals surface area contributed by atoms with Gasteiger partial charge in [0.2, 0.25) is 0 Å². The van der Waals surface area contributed by atoms with Gasteiger partial charge in [0.15, 0.2) is 0 Å². The lowest BCUT2D eigenvalue weighted by Crippen LogP contribution is -2.47. The van der Waals surface area contributed by atoms with Gasteiger partial charge in [-0.25, -0.2) is 0 Å². The minimum absolute atomic E-state index is 0.299. The molecular weight excluding hydrogens is 458 g/mol. The van der Waals surface area contributed by atoms with E-state index in [1.165, 1.54) is 76.5 Å². The van der Waals surface area contributed by atoms with Crippen LogP contribution in [0.3, 0.4) is 0 Å². The largest absolute Gasteiger partial charge is 0.335 e. The second kappa shape index (κ2) is 8.60. The standard InChI is InChI=1S/C37H33N/c1-3-7-28(8-4-1)31-13-11-30-12-14-32(23-33(30)22-31)29-15-17-36(18-16-29)38(35-9-5-2-6-10-35)37-24-26-19-27(25-37)21-34(37)20-26/h1-18,22-23,26-27,34H,19-21,24-25H2. The molecule has 4 saturated carbocycles. The Bertz CT molecular complexity index is 1590. The predicted molar refractivity (Wildman–Crippen MR) is 160 cm³/mol. The number of fused-ring (bicyclic) bond motifs is 1. The molecule has 2 unspecified atom stereocenters. The van der Waals surface area contributed by atoms with Gasteiger partial charge in [0, 0.05) is 16.9 Å². The first-order valence-electron chi connectivity index (χ1n) is 14.3. The highest BCUT2D eigenvalue weighted by Crippen LogP contribution is 2.64. The zero-order valence-corrected chi connectivity index (χ0v) is 21.8. The van der Waals surface area contributed by atoms with E-state index in [1.807, 2.05) is 0 Å². The summed E-state index contributed by atoms with van der Waals surface area (Å²) < 4.78 is 0. The van der Waals surface area contributed by atoms with Crippen molar-refractivity contribution < 1.29 is 0 Å². The molecule has 0 heterocycles. The van der Waals surface area contributed by atoms with E-state index in [-0.39, 0.29) is 0 Å². The summed E-state index contributed by atoms with van der Waals surface area (Å²) in [7, 11) is 0. The van der Waals surface area contributed by atoms with Gasteiger partial charge in [0.05, 0.1) is 0 Å². The zero-order chi connectivity index (χ0) is 25.1. The molecule has 4 aliphatic rings. The summed E-state index contributed by atoms with van der Waals surface area (Å²) in [4.78, 5) is 2.74. The van der Waals surface area contributed by atoms with Crippen LogP contribution in [0.15, 0.2) is 121 Å². The van der Waals surface area contributed by atoms with Crippen LogP contribution in [0.1, 0.15) is 32.1 Å². The van der Waals surface area contributed by atoms with Crippen molar-refractivity contribution >= 4 is 22.1 Å². The third-order valence-electron chi connectivity index (χ3n) is 9.81. The first kappa shape index (κ1) is 22.2. The van der Waals surface area contributed by atoms with Gasteiger partial charge in [-0.15, -0.1) is 0 Å². The highest BCUT2D eigenvalue weighted by atomic mass is 15.2. The first-order valence-corrected chi connectivity index (χ1v) is 14.3. The summed E-state index contributed by atoms with van der Waals surface area (Å²) in [6.45, 7) is 0. The molecule has 0 radical (unpaired) electrons. The number of para-hydroxylation sites is 1. The summed E-state index contributed by atoms with van der Waals surface area (Å²) in [6, 6.07) is 44.9. The highest BCUT2D eigenvalue weighted by Gasteiger charge is 2.60. The van der Waals surface area contributed by atoms with Crippen LogP contribution in [0.5, 0.6) is 0 Å². The van der Waals surface area contributed by atoms with Crippen LogP contribution in [0, 0.1) is 17.8 Å². The van der Waals surface area contributed by atoms with Gasteiger partial charge in [-0.1, -0.05) is 84.9 Å². The predicted octanol–water partition coefficient (Wildman–Crippen LogP) is 9.89. The Morgan fingerprint density at radius 3 is 1.63 bits per heavy atom. The summed E-state index contributed by atoms with van der Waals surface area (Å²) in [5, 5.41) is 2.57. The molecule has 0 saturated heterocycles. The van der Waals surface area contributed by atoms with Gasteiger partial charge in [-0.05, 0) is 119 Å². The van der Waals surface area contributed by atoms with Gasteiger partial charge in [-0.2, -0.15) is 0 Å². The number of hydrogen-bond acceptors (Lipinski definition) is 1. The fourth-order valence-corrected chi connectivity index (χ4v) is 8.40. The van der Waals surface area contributed by atoms with Gasteiger partial charge in [0.25, 0.3) is 0 Å². The summed E-state index contributed by atoms with van der Waals surface area (Å²) >= 11 is 0. The van der Waals surface area contributed by atoms with Crippen molar-refractivity contribution in [3.8, 4) is 22.3 Å². The fourth-order valence-electron chi connectivity index (χ4n) is 8.40. The normalized spacial score (nSPS) is 25.2. The van der Waals surface area contributed by atoms with Crippen LogP contribution in [-0.2, 0) is 0 Å². The van der Waals surface area contributed by atoms with Gasteiger partial charge in [-0.3, -0.25) is 0 Å². The lowest BCUT2D eigenvalue weighted by molar-refractivity contribution is 0.266. The maximum atomic E-state index is 2.74. The molecule has 38 heavy (non-hydrogen) atoms. The lowest BCUT2D eigenvalue weighted by Gasteiger charge is -2.45. The Kier molecular flexibility index (Phi) is 5.02. The van der Waals surface area contributed by atoms with Crippen molar-refractivity contribution in [2.24, 2.45) is 17.8 Å². The Balaban J connectivity index is 1.16. The second-order valence-electron chi connectivity index (χ2n) is 12.0. The summed E-state index contributed by atoms with van der Waals surface area (Å²) in [5.41, 5.74) is 8.09. The van der Waals surface area contributed by atoms with E-state index in [4.69, 9.17) is 0 Å². The van der Waals surface area contributed by atoms with E-state index in [0.29, 0.717) is 5.54 Å². The SMILES string of the molecule is c1ccc(-c2ccc3ccc(-c4ccc(N(c5ccccc5)C56CC7CC(CC5C7)C6)cc4)cc3c2)cc1. The average Bonchev–Trinajstić information content (AvgIpc) is 3.37. The molecule has 2 atom stereocenters. The molecule has 1 nitrogen and oxygen atoms in total. The quantitative estimate of drug-likeness (QED) is 0.236. The smallest absolute Gasteiger partial charge is 0.0485 e. The number of benzene rings is 5. The van der Waals surface area contributed by atoms with E-state index in [2.05, 4.69) is 126 Å². The Labute approximate surface area is 225 Å². The number of rotatable bonds is 5. The molecule has 5 aromatic rings. The van der Waals surface area contributed by atoms with Crippen molar-refractivity contribution in [1.29, 1.82) is 0 Å². The van der Waals surface area contributed by atoms with Crippen molar-refractivity contribution in [3.05, 3.63) is 121 Å². The molecule has 0 spiro atoms. The van der Waals surface area contributed by atoms with Crippen molar-refractivity contribution in [2.45, 2.75) is 37.6 Å². The van der Waals surface area contributed by atoms with Crippen LogP contribution >= 0.6 is 0 Å². The Morgan fingerprint density at radius 1 is 0.474 bits per heavy atom. The molecule has 0 aliphatic heterocycles. The summed E-state index contributed by atoms with van der Waals surface area (Å²) in [6.07, 6.45) is 7.05. The minimum Gasteiger partial charge on any atom is -0.335 e. The number of nitrogens with zero attached hydrogens (tertiary/aromatic N) is 1. The molecule has 4 bridgehead atoms. The Morgan fingerprint density at radius 2 is 1.00 bits per heavy atom. The summed E-state index contributed by atoms with van der Waals surface area (Å²) in [5.74, 6) is 2.69. The molecule has 5 aromatic carbocycles. The maximum absolute atomic E-state index is 2.74. The molecule has 4 fully saturated rings. The molecule has 0 aromatic heterocycles. The van der Waals surface area contributed by atoms with Crippen molar-refractivity contribution in [3.63, 3.8) is 0 Å². The monoisotopic (exact) mass is 491 g/mol. The van der Waals surface area contributed by atoms with E-state index in [1.54, 1.807) is 0 Å². The molecule has 186 valence electrons. The van der Waals surface area contributed by atoms with Crippen LogP contribution in [0.25, 0.3) is 33.0 Å². The minimum atomic E-state index is 0.299. The Hall–Kier alpha value is -3.84. The van der Waals surface area contributed by atoms with Crippen LogP contribution in [0.2, 0.25) is 0 Å². The van der Waals surface area contributed by atoms with E-state index in [0.717, 1.165) is 17.8 Å². The highest BCUT2D eigenvalue weighted by molar-refractivity contribution is 5.91. The van der Waals surface area contributed by atoms with E-state index >= 15 is 0 Å². The van der Waals surface area contributed by atoms with Crippen LogP contribution in [-0.4, -0.2) is 5.54 Å². The first-order chi connectivity index (χ1) is 18.7. The fraction of sp³-hybridized carbons (Fsp3) is 0.243. The molecule has 0 N–H and O–H groups in total. The van der Waals surface area contributed by atoms with Crippen LogP contribution in [0.4, 0.5) is 11.4 Å². The zero-order valence-electron chi connectivity index (χ0n) is 21.8. The molecular formula is C37H33N. The van der Waals surface area contributed by atoms with E-state index in [9.17, 15) is 0 Å². The van der Waals surface area contributed by atoms with Gasteiger partial charge >= 0.3 is 0 Å². The third-order valence-corrected chi connectivity index (χ3v) is 9.81. The average molecular weight is 492 g/mol. The topological polar surface area (TPSA) is 3.24 Å². The number of anilines is 2. The second-order valence-corrected chi connectivity index (χ2v) is 12.0. The van der Waals surface area contributed by atoms with Crippen LogP contribution < -0.4 is 4.90 Å². The van der Waals surface area contributed by atoms with E-state index < -0.39 is 0 Å². The maximum Gasteiger partial charge on any atom is 0.0485 e. The van der Waals surface area contributed by atoms with Crippen molar-refractivity contribution in [2.75, 3.05) is 4.90 Å². The van der Waals surface area contributed by atoms with Gasteiger partial charge < -0.3 is 4.90 Å². The van der Waals surface area contributed by atoms with Crippen molar-refractivity contribution in [1.82, 2.24) is 0 Å². The molecule has 9 rings (SSSR count). The van der Waals surface area contributed by atoms with Gasteiger partial charge in [0.1, 0.15) is 0 Å². The molecule has 1 heteroatoms.